The molecular weight excluding hydrogens is 248 g/mol. The minimum atomic E-state index is -0.143. The van der Waals surface area contributed by atoms with E-state index in [9.17, 15) is 4.79 Å². The number of hydrogen-bond acceptors (Lipinski definition) is 2. The Balaban J connectivity index is 2.60. The van der Waals surface area contributed by atoms with E-state index in [0.717, 1.165) is 11.3 Å². The third-order valence-electron chi connectivity index (χ3n) is 2.82. The highest BCUT2D eigenvalue weighted by Crippen LogP contribution is 2.24. The summed E-state index contributed by atoms with van der Waals surface area (Å²) in [5.41, 5.74) is 8.50. The van der Waals surface area contributed by atoms with E-state index in [2.05, 4.69) is 4.98 Å². The molecule has 0 aliphatic carbocycles. The van der Waals surface area contributed by atoms with Gasteiger partial charge in [0, 0.05) is 16.3 Å². The van der Waals surface area contributed by atoms with E-state index >= 15 is 0 Å². The third kappa shape index (κ3) is 2.41. The standard InChI is InChI=1S/C14H15ClN2O/c1-8(2)13-12(16)7-11(14(18)17-13)9-4-3-5-10(15)6-9/h3-8H,16H2,1-2H3,(H,17,18). The van der Waals surface area contributed by atoms with E-state index in [0.29, 0.717) is 16.3 Å². The van der Waals surface area contributed by atoms with E-state index in [1.165, 1.54) is 0 Å². The largest absolute Gasteiger partial charge is 0.397 e. The smallest absolute Gasteiger partial charge is 0.256 e. The number of aromatic nitrogens is 1. The second-order valence-corrected chi connectivity index (χ2v) is 4.98. The molecule has 18 heavy (non-hydrogen) atoms. The number of aromatic amines is 1. The van der Waals surface area contributed by atoms with Crippen molar-refractivity contribution in [3.63, 3.8) is 0 Å². The number of hydrogen-bond donors (Lipinski definition) is 2. The SMILES string of the molecule is CC(C)c1[nH]c(=O)c(-c2cccc(Cl)c2)cc1N. The minimum Gasteiger partial charge on any atom is -0.397 e. The molecule has 4 heteroatoms. The van der Waals surface area contributed by atoms with Crippen LogP contribution in [0.15, 0.2) is 35.1 Å². The van der Waals surface area contributed by atoms with E-state index in [1.54, 1.807) is 18.2 Å². The van der Waals surface area contributed by atoms with Crippen LogP contribution in [-0.2, 0) is 0 Å². The maximum Gasteiger partial charge on any atom is 0.256 e. The van der Waals surface area contributed by atoms with Crippen molar-refractivity contribution in [3.05, 3.63) is 51.4 Å². The molecule has 2 rings (SSSR count). The zero-order chi connectivity index (χ0) is 13.3. The molecule has 0 bridgehead atoms. The predicted molar refractivity (Wildman–Crippen MR) is 76.0 cm³/mol. The molecule has 3 nitrogen and oxygen atoms in total. The van der Waals surface area contributed by atoms with Crippen LogP contribution in [0, 0.1) is 0 Å². The van der Waals surface area contributed by atoms with Crippen LogP contribution in [0.5, 0.6) is 0 Å². The first kappa shape index (κ1) is 12.7. The molecule has 0 aliphatic heterocycles. The maximum atomic E-state index is 12.1. The highest BCUT2D eigenvalue weighted by molar-refractivity contribution is 6.30. The van der Waals surface area contributed by atoms with Crippen molar-refractivity contribution in [1.82, 2.24) is 4.98 Å². The molecule has 0 atom stereocenters. The van der Waals surface area contributed by atoms with E-state index in [4.69, 9.17) is 17.3 Å². The molecule has 3 N–H and O–H groups in total. The van der Waals surface area contributed by atoms with Crippen molar-refractivity contribution in [3.8, 4) is 11.1 Å². The van der Waals surface area contributed by atoms with Gasteiger partial charge in [0.2, 0.25) is 0 Å². The Bertz CT molecular complexity index is 632. The highest BCUT2D eigenvalue weighted by Gasteiger charge is 2.10. The lowest BCUT2D eigenvalue weighted by molar-refractivity contribution is 0.820. The monoisotopic (exact) mass is 262 g/mol. The van der Waals surface area contributed by atoms with Crippen LogP contribution in [0.3, 0.4) is 0 Å². The molecule has 0 aliphatic rings. The molecule has 0 unspecified atom stereocenters. The van der Waals surface area contributed by atoms with Gasteiger partial charge in [-0.2, -0.15) is 0 Å². The van der Waals surface area contributed by atoms with Crippen LogP contribution in [0.25, 0.3) is 11.1 Å². The molecule has 94 valence electrons. The van der Waals surface area contributed by atoms with Gasteiger partial charge >= 0.3 is 0 Å². The van der Waals surface area contributed by atoms with E-state index < -0.39 is 0 Å². The Morgan fingerprint density at radius 2 is 2.00 bits per heavy atom. The van der Waals surface area contributed by atoms with Crippen molar-refractivity contribution < 1.29 is 0 Å². The lowest BCUT2D eigenvalue weighted by atomic mass is 10.0. The Hall–Kier alpha value is -1.74. The van der Waals surface area contributed by atoms with Gasteiger partial charge < -0.3 is 10.7 Å². The average Bonchev–Trinajstić information content (AvgIpc) is 2.31. The van der Waals surface area contributed by atoms with E-state index in [1.807, 2.05) is 26.0 Å². The Morgan fingerprint density at radius 3 is 2.61 bits per heavy atom. The summed E-state index contributed by atoms with van der Waals surface area (Å²) in [6, 6.07) is 8.88. The molecule has 1 heterocycles. The number of pyridine rings is 1. The van der Waals surface area contributed by atoms with Gasteiger partial charge in [-0.25, -0.2) is 0 Å². The Kier molecular flexibility index (Phi) is 3.43. The molecule has 0 saturated carbocycles. The Labute approximate surface area is 111 Å². The number of nitrogens with two attached hydrogens (primary N) is 1. The van der Waals surface area contributed by atoms with Crippen LogP contribution in [-0.4, -0.2) is 4.98 Å². The van der Waals surface area contributed by atoms with Gasteiger partial charge in [-0.3, -0.25) is 4.79 Å². The van der Waals surface area contributed by atoms with Crippen LogP contribution < -0.4 is 11.3 Å². The van der Waals surface area contributed by atoms with Crippen LogP contribution in [0.2, 0.25) is 5.02 Å². The first-order chi connectivity index (χ1) is 8.49. The van der Waals surface area contributed by atoms with Crippen LogP contribution in [0.1, 0.15) is 25.5 Å². The summed E-state index contributed by atoms with van der Waals surface area (Å²) in [5.74, 6) is 0.186. The molecule has 0 radical (unpaired) electrons. The van der Waals surface area contributed by atoms with Gasteiger partial charge in [-0.1, -0.05) is 37.6 Å². The van der Waals surface area contributed by atoms with Gasteiger partial charge in [-0.15, -0.1) is 0 Å². The maximum absolute atomic E-state index is 12.1. The van der Waals surface area contributed by atoms with E-state index in [-0.39, 0.29) is 11.5 Å². The molecule has 0 fully saturated rings. The molecule has 0 amide bonds. The summed E-state index contributed by atoms with van der Waals surface area (Å²) in [6.07, 6.45) is 0. The summed E-state index contributed by atoms with van der Waals surface area (Å²) >= 11 is 5.93. The lowest BCUT2D eigenvalue weighted by Crippen LogP contribution is -2.14. The Morgan fingerprint density at radius 1 is 1.28 bits per heavy atom. The second-order valence-electron chi connectivity index (χ2n) is 4.55. The quantitative estimate of drug-likeness (QED) is 0.871. The third-order valence-corrected chi connectivity index (χ3v) is 3.05. The summed E-state index contributed by atoms with van der Waals surface area (Å²) in [4.78, 5) is 14.9. The number of H-pyrrole nitrogens is 1. The van der Waals surface area contributed by atoms with Gasteiger partial charge in [0.15, 0.2) is 0 Å². The number of nitrogen functional groups attached to an aromatic ring is 1. The first-order valence-electron chi connectivity index (χ1n) is 5.77. The molecule has 0 saturated heterocycles. The van der Waals surface area contributed by atoms with Crippen LogP contribution >= 0.6 is 11.6 Å². The average molecular weight is 263 g/mol. The van der Waals surface area contributed by atoms with Gasteiger partial charge in [0.25, 0.3) is 5.56 Å². The summed E-state index contributed by atoms with van der Waals surface area (Å²) in [7, 11) is 0. The zero-order valence-corrected chi connectivity index (χ0v) is 11.1. The second kappa shape index (κ2) is 4.86. The molecule has 1 aromatic carbocycles. The van der Waals surface area contributed by atoms with Crippen molar-refractivity contribution in [2.24, 2.45) is 0 Å². The fourth-order valence-corrected chi connectivity index (χ4v) is 2.10. The van der Waals surface area contributed by atoms with Crippen molar-refractivity contribution in [2.45, 2.75) is 19.8 Å². The van der Waals surface area contributed by atoms with Crippen LogP contribution in [0.4, 0.5) is 5.69 Å². The summed E-state index contributed by atoms with van der Waals surface area (Å²) < 4.78 is 0. The number of rotatable bonds is 2. The van der Waals surface area contributed by atoms with Gasteiger partial charge in [-0.05, 0) is 29.7 Å². The molecule has 2 aromatic rings. The number of anilines is 1. The zero-order valence-electron chi connectivity index (χ0n) is 10.3. The lowest BCUT2D eigenvalue weighted by Gasteiger charge is -2.11. The predicted octanol–water partition coefficient (Wildman–Crippen LogP) is 3.40. The fraction of sp³-hybridized carbons (Fsp3) is 0.214. The van der Waals surface area contributed by atoms with Gasteiger partial charge in [0.05, 0.1) is 5.69 Å². The fourth-order valence-electron chi connectivity index (χ4n) is 1.91. The minimum absolute atomic E-state index is 0.143. The summed E-state index contributed by atoms with van der Waals surface area (Å²) in [5, 5.41) is 0.596. The number of nitrogens with one attached hydrogen (secondary N) is 1. The molecule has 1 aromatic heterocycles. The topological polar surface area (TPSA) is 58.9 Å². The number of benzene rings is 1. The highest BCUT2D eigenvalue weighted by atomic mass is 35.5. The normalized spacial score (nSPS) is 10.9. The van der Waals surface area contributed by atoms with Crippen molar-refractivity contribution in [2.75, 3.05) is 5.73 Å². The summed E-state index contributed by atoms with van der Waals surface area (Å²) in [6.45, 7) is 3.97. The van der Waals surface area contributed by atoms with Crippen molar-refractivity contribution in [1.29, 1.82) is 0 Å². The molecular formula is C14H15ClN2O. The first-order valence-corrected chi connectivity index (χ1v) is 6.15. The van der Waals surface area contributed by atoms with Gasteiger partial charge in [0.1, 0.15) is 0 Å². The number of halogens is 1. The van der Waals surface area contributed by atoms with Crippen molar-refractivity contribution >= 4 is 17.3 Å². The molecule has 0 spiro atoms.